The fourth-order valence-electron chi connectivity index (χ4n) is 1.43. The lowest BCUT2D eigenvalue weighted by Crippen LogP contribution is -2.27. The quantitative estimate of drug-likeness (QED) is 0.697. The number of carboxylic acids is 1. The number of allylic oxidation sites excluding steroid dienone is 1. The number of nitrogens with zero attached hydrogens (tertiary/aromatic N) is 1. The standard InChI is InChI=1S/C10H18FNO2/c1-5-12(6-2)9(7(3)4)8(11)10(13)14/h7H,5-6H2,1-4H3,(H,13,14). The van der Waals surface area contributed by atoms with Crippen molar-refractivity contribution in [1.29, 1.82) is 0 Å². The van der Waals surface area contributed by atoms with Crippen molar-refractivity contribution in [2.24, 2.45) is 5.92 Å². The van der Waals surface area contributed by atoms with Crippen molar-refractivity contribution >= 4 is 5.97 Å². The summed E-state index contributed by atoms with van der Waals surface area (Å²) in [7, 11) is 0. The molecule has 0 bridgehead atoms. The van der Waals surface area contributed by atoms with Gasteiger partial charge in [0.1, 0.15) is 0 Å². The van der Waals surface area contributed by atoms with Crippen LogP contribution in [-0.2, 0) is 4.79 Å². The number of halogens is 1. The first-order valence-corrected chi connectivity index (χ1v) is 4.83. The minimum Gasteiger partial charge on any atom is -0.476 e. The fraction of sp³-hybridized carbons (Fsp3) is 0.700. The Bertz CT molecular complexity index is 232. The van der Waals surface area contributed by atoms with E-state index in [1.165, 1.54) is 0 Å². The van der Waals surface area contributed by atoms with Gasteiger partial charge in [0.25, 0.3) is 0 Å². The Labute approximate surface area is 84.2 Å². The second kappa shape index (κ2) is 5.62. The Balaban J connectivity index is 5.11. The second-order valence-electron chi connectivity index (χ2n) is 3.33. The van der Waals surface area contributed by atoms with Crippen molar-refractivity contribution in [1.82, 2.24) is 4.90 Å². The molecule has 0 heterocycles. The molecule has 0 amide bonds. The van der Waals surface area contributed by atoms with Crippen molar-refractivity contribution in [2.45, 2.75) is 27.7 Å². The molecule has 0 atom stereocenters. The minimum absolute atomic E-state index is 0.119. The third-order valence-corrected chi connectivity index (χ3v) is 2.06. The summed E-state index contributed by atoms with van der Waals surface area (Å²) < 4.78 is 13.3. The number of carboxylic acid groups (broad SMARTS) is 1. The number of hydrogen-bond donors (Lipinski definition) is 1. The summed E-state index contributed by atoms with van der Waals surface area (Å²) in [6, 6.07) is 0. The van der Waals surface area contributed by atoms with Gasteiger partial charge in [-0.1, -0.05) is 13.8 Å². The predicted octanol–water partition coefficient (Wildman–Crippen LogP) is 2.25. The summed E-state index contributed by atoms with van der Waals surface area (Å²) >= 11 is 0. The van der Waals surface area contributed by atoms with Crippen LogP contribution in [0.3, 0.4) is 0 Å². The Kier molecular flexibility index (Phi) is 5.20. The van der Waals surface area contributed by atoms with Gasteiger partial charge in [-0.15, -0.1) is 0 Å². The van der Waals surface area contributed by atoms with Gasteiger partial charge in [-0.2, -0.15) is 4.39 Å². The van der Waals surface area contributed by atoms with Crippen LogP contribution < -0.4 is 0 Å². The van der Waals surface area contributed by atoms with Crippen LogP contribution >= 0.6 is 0 Å². The van der Waals surface area contributed by atoms with E-state index in [9.17, 15) is 9.18 Å². The van der Waals surface area contributed by atoms with Crippen molar-refractivity contribution in [3.05, 3.63) is 11.5 Å². The van der Waals surface area contributed by atoms with Gasteiger partial charge in [-0.05, 0) is 19.8 Å². The molecule has 0 aromatic carbocycles. The highest BCUT2D eigenvalue weighted by Gasteiger charge is 2.20. The highest BCUT2D eigenvalue weighted by atomic mass is 19.1. The highest BCUT2D eigenvalue weighted by molar-refractivity contribution is 5.84. The molecule has 4 heteroatoms. The van der Waals surface area contributed by atoms with Crippen LogP contribution in [0.5, 0.6) is 0 Å². The molecule has 0 unspecified atom stereocenters. The predicted molar refractivity (Wildman–Crippen MR) is 53.5 cm³/mol. The average molecular weight is 203 g/mol. The monoisotopic (exact) mass is 203 g/mol. The van der Waals surface area contributed by atoms with Gasteiger partial charge in [0, 0.05) is 13.1 Å². The van der Waals surface area contributed by atoms with E-state index in [1.54, 1.807) is 18.7 Å². The van der Waals surface area contributed by atoms with E-state index in [4.69, 9.17) is 5.11 Å². The number of rotatable bonds is 5. The van der Waals surface area contributed by atoms with E-state index in [0.29, 0.717) is 13.1 Å². The SMILES string of the molecule is CCN(CC)C(=C(F)C(=O)O)C(C)C. The third kappa shape index (κ3) is 3.01. The Morgan fingerprint density at radius 3 is 2.00 bits per heavy atom. The molecule has 0 spiro atoms. The topological polar surface area (TPSA) is 40.5 Å². The molecule has 3 nitrogen and oxygen atoms in total. The van der Waals surface area contributed by atoms with E-state index < -0.39 is 11.8 Å². The number of hydrogen-bond acceptors (Lipinski definition) is 2. The van der Waals surface area contributed by atoms with Crippen molar-refractivity contribution in [3.63, 3.8) is 0 Å². The van der Waals surface area contributed by atoms with Gasteiger partial charge < -0.3 is 10.0 Å². The van der Waals surface area contributed by atoms with Crippen LogP contribution in [0, 0.1) is 5.92 Å². The highest BCUT2D eigenvalue weighted by Crippen LogP contribution is 2.20. The zero-order chi connectivity index (χ0) is 11.3. The van der Waals surface area contributed by atoms with Crippen LogP contribution in [0.15, 0.2) is 11.5 Å². The average Bonchev–Trinajstić information content (AvgIpc) is 2.12. The molecule has 82 valence electrons. The summed E-state index contributed by atoms with van der Waals surface area (Å²) in [5, 5.41) is 8.58. The van der Waals surface area contributed by atoms with E-state index in [0.717, 1.165) is 0 Å². The van der Waals surface area contributed by atoms with E-state index >= 15 is 0 Å². The molecule has 0 saturated heterocycles. The molecule has 0 rings (SSSR count). The number of aliphatic carboxylic acids is 1. The van der Waals surface area contributed by atoms with Gasteiger partial charge >= 0.3 is 5.97 Å². The fourth-order valence-corrected chi connectivity index (χ4v) is 1.43. The summed E-state index contributed by atoms with van der Waals surface area (Å²) in [5.41, 5.74) is 0.280. The summed E-state index contributed by atoms with van der Waals surface area (Å²) in [6.45, 7) is 8.56. The first-order valence-electron chi connectivity index (χ1n) is 4.83. The Morgan fingerprint density at radius 2 is 1.79 bits per heavy atom. The summed E-state index contributed by atoms with van der Waals surface area (Å²) in [6.07, 6.45) is 0. The number of carbonyl (C=O) groups is 1. The van der Waals surface area contributed by atoms with Crippen molar-refractivity contribution < 1.29 is 14.3 Å². The lowest BCUT2D eigenvalue weighted by molar-refractivity contribution is -0.134. The van der Waals surface area contributed by atoms with Crippen LogP contribution in [0.2, 0.25) is 0 Å². The van der Waals surface area contributed by atoms with Gasteiger partial charge in [0.2, 0.25) is 5.83 Å². The van der Waals surface area contributed by atoms with Gasteiger partial charge in [0.05, 0.1) is 5.70 Å². The lowest BCUT2D eigenvalue weighted by Gasteiger charge is -2.27. The third-order valence-electron chi connectivity index (χ3n) is 2.06. The molecule has 0 aliphatic rings. The van der Waals surface area contributed by atoms with Crippen LogP contribution in [0.25, 0.3) is 0 Å². The van der Waals surface area contributed by atoms with Gasteiger partial charge in [-0.3, -0.25) is 0 Å². The molecular formula is C10H18FNO2. The molecule has 0 aliphatic heterocycles. The Morgan fingerprint density at radius 1 is 1.36 bits per heavy atom. The van der Waals surface area contributed by atoms with Crippen LogP contribution in [0.4, 0.5) is 4.39 Å². The molecule has 0 aromatic rings. The summed E-state index contributed by atoms with van der Waals surface area (Å²) in [4.78, 5) is 12.3. The molecule has 0 saturated carbocycles. The zero-order valence-electron chi connectivity index (χ0n) is 9.17. The Hall–Kier alpha value is -1.06. The van der Waals surface area contributed by atoms with E-state index in [2.05, 4.69) is 0 Å². The second-order valence-corrected chi connectivity index (χ2v) is 3.33. The van der Waals surface area contributed by atoms with E-state index in [1.807, 2.05) is 13.8 Å². The molecule has 0 aliphatic carbocycles. The molecule has 0 fully saturated rings. The molecule has 14 heavy (non-hydrogen) atoms. The smallest absolute Gasteiger partial charge is 0.366 e. The van der Waals surface area contributed by atoms with E-state index in [-0.39, 0.29) is 11.6 Å². The zero-order valence-corrected chi connectivity index (χ0v) is 9.17. The molecule has 0 aromatic heterocycles. The maximum atomic E-state index is 13.3. The molecule has 0 radical (unpaired) electrons. The van der Waals surface area contributed by atoms with Gasteiger partial charge in [-0.25, -0.2) is 4.79 Å². The van der Waals surface area contributed by atoms with Crippen LogP contribution in [-0.4, -0.2) is 29.1 Å². The first kappa shape index (κ1) is 12.9. The molecular weight excluding hydrogens is 185 g/mol. The van der Waals surface area contributed by atoms with Crippen LogP contribution in [0.1, 0.15) is 27.7 Å². The van der Waals surface area contributed by atoms with Crippen molar-refractivity contribution in [2.75, 3.05) is 13.1 Å². The van der Waals surface area contributed by atoms with Crippen molar-refractivity contribution in [3.8, 4) is 0 Å². The maximum Gasteiger partial charge on any atom is 0.366 e. The van der Waals surface area contributed by atoms with Gasteiger partial charge in [0.15, 0.2) is 0 Å². The summed E-state index contributed by atoms with van der Waals surface area (Å²) in [5.74, 6) is -2.64. The lowest BCUT2D eigenvalue weighted by atomic mass is 10.1. The maximum absolute atomic E-state index is 13.3. The molecule has 1 N–H and O–H groups in total. The largest absolute Gasteiger partial charge is 0.476 e. The first-order chi connectivity index (χ1) is 6.45. The minimum atomic E-state index is -1.49. The normalized spacial score (nSPS) is 12.7.